The van der Waals surface area contributed by atoms with E-state index < -0.39 is 10.8 Å². The van der Waals surface area contributed by atoms with Gasteiger partial charge in [0.05, 0.1) is 28.5 Å². The topological polar surface area (TPSA) is 126 Å². The first-order valence-corrected chi connectivity index (χ1v) is 10.5. The minimum atomic E-state index is -0.465. The molecule has 0 saturated heterocycles. The molecule has 11 nitrogen and oxygen atoms in total. The van der Waals surface area contributed by atoms with E-state index in [0.29, 0.717) is 34.0 Å². The second kappa shape index (κ2) is 8.89. The smallest absolute Gasteiger partial charge is 0.312 e. The summed E-state index contributed by atoms with van der Waals surface area (Å²) in [6, 6.07) is 8.01. The van der Waals surface area contributed by atoms with Crippen LogP contribution in [0.25, 0.3) is 0 Å². The number of nitrogens with one attached hydrogen (secondary N) is 1. The number of hydrogen-bond acceptors (Lipinski definition) is 6. The van der Waals surface area contributed by atoms with Crippen molar-refractivity contribution >= 4 is 17.3 Å². The Kier molecular flexibility index (Phi) is 5.97. The Morgan fingerprint density at radius 3 is 2.41 bits per heavy atom. The lowest BCUT2D eigenvalue weighted by Gasteiger charge is -2.07. The summed E-state index contributed by atoms with van der Waals surface area (Å²) in [6.45, 7) is 7.09. The molecule has 12 heteroatoms. The molecule has 0 unspecified atom stereocenters. The highest BCUT2D eigenvalue weighted by Gasteiger charge is 2.22. The van der Waals surface area contributed by atoms with Gasteiger partial charge in [0.1, 0.15) is 23.9 Å². The lowest BCUT2D eigenvalue weighted by atomic mass is 10.2. The molecular formula is C22H23FN8O3. The van der Waals surface area contributed by atoms with Gasteiger partial charge in [0, 0.05) is 11.8 Å². The van der Waals surface area contributed by atoms with E-state index in [-0.39, 0.29) is 30.4 Å². The molecule has 3 aromatic heterocycles. The van der Waals surface area contributed by atoms with Gasteiger partial charge in [-0.05, 0) is 39.8 Å². The number of amides is 1. The molecule has 3 heterocycles. The monoisotopic (exact) mass is 466 g/mol. The molecule has 1 aromatic carbocycles. The van der Waals surface area contributed by atoms with E-state index in [1.807, 2.05) is 0 Å². The fourth-order valence-electron chi connectivity index (χ4n) is 3.79. The van der Waals surface area contributed by atoms with Crippen LogP contribution in [-0.4, -0.2) is 40.2 Å². The highest BCUT2D eigenvalue weighted by molar-refractivity contribution is 6.03. The molecule has 0 radical (unpaired) electrons. The number of nitrogens with zero attached hydrogens (tertiary/aromatic N) is 7. The first-order valence-electron chi connectivity index (χ1n) is 10.5. The van der Waals surface area contributed by atoms with Crippen LogP contribution < -0.4 is 5.32 Å². The van der Waals surface area contributed by atoms with Gasteiger partial charge in [-0.15, -0.1) is 0 Å². The summed E-state index contributed by atoms with van der Waals surface area (Å²) >= 11 is 0. The highest BCUT2D eigenvalue weighted by atomic mass is 19.1. The number of nitro groups is 1. The summed E-state index contributed by atoms with van der Waals surface area (Å²) in [5.74, 6) is -0.756. The van der Waals surface area contributed by atoms with Crippen LogP contribution in [-0.2, 0) is 13.2 Å². The lowest BCUT2D eigenvalue weighted by Crippen LogP contribution is -2.16. The maximum atomic E-state index is 14.0. The third kappa shape index (κ3) is 4.29. The Morgan fingerprint density at radius 1 is 1.03 bits per heavy atom. The molecule has 34 heavy (non-hydrogen) atoms. The molecule has 0 saturated carbocycles. The van der Waals surface area contributed by atoms with Gasteiger partial charge < -0.3 is 5.32 Å². The summed E-state index contributed by atoms with van der Waals surface area (Å²) in [5, 5.41) is 26.9. The van der Waals surface area contributed by atoms with E-state index in [9.17, 15) is 19.3 Å². The van der Waals surface area contributed by atoms with Crippen molar-refractivity contribution in [2.75, 3.05) is 5.32 Å². The molecule has 4 aromatic rings. The predicted molar refractivity (Wildman–Crippen MR) is 121 cm³/mol. The van der Waals surface area contributed by atoms with Crippen LogP contribution in [0, 0.1) is 43.6 Å². The van der Waals surface area contributed by atoms with Crippen LogP contribution in [0.3, 0.4) is 0 Å². The van der Waals surface area contributed by atoms with Crippen molar-refractivity contribution in [3.63, 3.8) is 0 Å². The van der Waals surface area contributed by atoms with Gasteiger partial charge >= 0.3 is 5.69 Å². The van der Waals surface area contributed by atoms with Crippen molar-refractivity contribution in [3.8, 4) is 0 Å². The Hall–Kier alpha value is -4.35. The molecular weight excluding hydrogens is 443 g/mol. The summed E-state index contributed by atoms with van der Waals surface area (Å²) in [5.41, 5.74) is 3.14. The average Bonchev–Trinajstić information content (AvgIpc) is 3.43. The Bertz CT molecular complexity index is 1400. The molecule has 1 N–H and O–H groups in total. The van der Waals surface area contributed by atoms with E-state index in [1.165, 1.54) is 15.4 Å². The molecule has 0 spiro atoms. The van der Waals surface area contributed by atoms with Crippen molar-refractivity contribution in [1.29, 1.82) is 0 Å². The van der Waals surface area contributed by atoms with Crippen LogP contribution in [0.5, 0.6) is 0 Å². The number of aryl methyl sites for hydroxylation is 2. The number of benzene rings is 1. The van der Waals surface area contributed by atoms with Crippen LogP contribution in [0.15, 0.2) is 36.5 Å². The molecule has 0 atom stereocenters. The first-order chi connectivity index (χ1) is 16.2. The Morgan fingerprint density at radius 2 is 1.74 bits per heavy atom. The van der Waals surface area contributed by atoms with Gasteiger partial charge in [0.15, 0.2) is 5.69 Å². The maximum Gasteiger partial charge on any atom is 0.312 e. The standard InChI is InChI=1S/C22H23FN8O3/c1-13-20(15(3)29(25-13)11-17-7-5-6-8-18(17)23)24-22(32)19-9-10-28(27-19)12-30-16(4)21(31(33)34)14(2)26-30/h5-10H,11-12H2,1-4H3,(H,24,32). The van der Waals surface area contributed by atoms with Crippen molar-refractivity contribution in [2.24, 2.45) is 0 Å². The third-order valence-corrected chi connectivity index (χ3v) is 5.58. The van der Waals surface area contributed by atoms with Crippen LogP contribution in [0.1, 0.15) is 38.8 Å². The highest BCUT2D eigenvalue weighted by Crippen LogP contribution is 2.23. The fraction of sp³-hybridized carbons (Fsp3) is 0.273. The lowest BCUT2D eigenvalue weighted by molar-refractivity contribution is -0.386. The SMILES string of the molecule is Cc1nn(Cc2ccccc2F)c(C)c1NC(=O)c1ccn(Cn2nc(C)c([N+](=O)[O-])c2C)n1. The zero-order valence-corrected chi connectivity index (χ0v) is 19.1. The third-order valence-electron chi connectivity index (χ3n) is 5.58. The second-order valence-corrected chi connectivity index (χ2v) is 7.91. The maximum absolute atomic E-state index is 14.0. The van der Waals surface area contributed by atoms with E-state index >= 15 is 0 Å². The van der Waals surface area contributed by atoms with Crippen molar-refractivity contribution < 1.29 is 14.1 Å². The summed E-state index contributed by atoms with van der Waals surface area (Å²) in [4.78, 5) is 23.6. The molecule has 0 fully saturated rings. The van der Waals surface area contributed by atoms with Crippen LogP contribution >= 0.6 is 0 Å². The minimum Gasteiger partial charge on any atom is -0.317 e. The second-order valence-electron chi connectivity index (χ2n) is 7.91. The summed E-state index contributed by atoms with van der Waals surface area (Å²) in [7, 11) is 0. The molecule has 4 rings (SSSR count). The van der Waals surface area contributed by atoms with Crippen molar-refractivity contribution in [1.82, 2.24) is 29.3 Å². The van der Waals surface area contributed by atoms with Gasteiger partial charge in [0.2, 0.25) is 0 Å². The number of hydrogen-bond donors (Lipinski definition) is 1. The summed E-state index contributed by atoms with van der Waals surface area (Å²) in [6.07, 6.45) is 1.60. The van der Waals surface area contributed by atoms with Gasteiger partial charge in [-0.3, -0.25) is 24.3 Å². The molecule has 0 aliphatic carbocycles. The molecule has 0 bridgehead atoms. The normalized spacial score (nSPS) is 11.1. The van der Waals surface area contributed by atoms with Crippen molar-refractivity contribution in [2.45, 2.75) is 40.9 Å². The fourth-order valence-corrected chi connectivity index (χ4v) is 3.79. The average molecular weight is 466 g/mol. The predicted octanol–water partition coefficient (Wildman–Crippen LogP) is 3.36. The van der Waals surface area contributed by atoms with Gasteiger partial charge in [-0.2, -0.15) is 15.3 Å². The van der Waals surface area contributed by atoms with E-state index in [4.69, 9.17) is 0 Å². The van der Waals surface area contributed by atoms with Gasteiger partial charge in [0.25, 0.3) is 5.91 Å². The van der Waals surface area contributed by atoms with Gasteiger partial charge in [-0.1, -0.05) is 18.2 Å². The molecule has 0 aliphatic rings. The summed E-state index contributed by atoms with van der Waals surface area (Å²) < 4.78 is 18.6. The first kappa shape index (κ1) is 22.8. The molecule has 0 aliphatic heterocycles. The number of halogens is 1. The van der Waals surface area contributed by atoms with E-state index in [1.54, 1.807) is 62.8 Å². The number of rotatable bonds is 7. The van der Waals surface area contributed by atoms with Gasteiger partial charge in [-0.25, -0.2) is 9.07 Å². The number of aromatic nitrogens is 6. The minimum absolute atomic E-state index is 0.0385. The number of carbonyl (C=O) groups is 1. The number of anilines is 1. The van der Waals surface area contributed by atoms with E-state index in [2.05, 4.69) is 20.6 Å². The van der Waals surface area contributed by atoms with E-state index in [0.717, 1.165) is 0 Å². The van der Waals surface area contributed by atoms with Crippen LogP contribution in [0.4, 0.5) is 15.8 Å². The molecule has 1 amide bonds. The quantitative estimate of drug-likeness (QED) is 0.329. The van der Waals surface area contributed by atoms with Crippen molar-refractivity contribution in [3.05, 3.63) is 86.5 Å². The largest absolute Gasteiger partial charge is 0.317 e. The number of carbonyl (C=O) groups excluding carboxylic acids is 1. The van der Waals surface area contributed by atoms with Crippen LogP contribution in [0.2, 0.25) is 0 Å². The zero-order valence-electron chi connectivity index (χ0n) is 19.1. The Balaban J connectivity index is 1.49. The zero-order chi connectivity index (χ0) is 24.6. The molecule has 176 valence electrons. The Labute approximate surface area is 194 Å².